The van der Waals surface area contributed by atoms with Crippen molar-refractivity contribution in [1.29, 1.82) is 0 Å². The minimum atomic E-state index is -0.921. The van der Waals surface area contributed by atoms with Crippen molar-refractivity contribution in [3.63, 3.8) is 0 Å². The molecule has 0 saturated carbocycles. The SMILES string of the molecule is O=C(O)c1ccc(OCCc2ccsc2)cc1. The molecule has 0 aliphatic heterocycles. The van der Waals surface area contributed by atoms with Crippen molar-refractivity contribution in [3.8, 4) is 5.75 Å². The smallest absolute Gasteiger partial charge is 0.335 e. The Labute approximate surface area is 103 Å². The van der Waals surface area contributed by atoms with Gasteiger partial charge in [-0.05, 0) is 46.7 Å². The van der Waals surface area contributed by atoms with E-state index in [0.717, 1.165) is 6.42 Å². The number of carboxylic acid groups (broad SMARTS) is 1. The lowest BCUT2D eigenvalue weighted by Gasteiger charge is -2.05. The average molecular weight is 248 g/mol. The van der Waals surface area contributed by atoms with Gasteiger partial charge in [0.15, 0.2) is 0 Å². The predicted octanol–water partition coefficient (Wildman–Crippen LogP) is 3.07. The molecule has 3 nitrogen and oxygen atoms in total. The zero-order valence-corrected chi connectivity index (χ0v) is 9.94. The second-order valence-corrected chi connectivity index (χ2v) is 4.34. The summed E-state index contributed by atoms with van der Waals surface area (Å²) < 4.78 is 5.53. The van der Waals surface area contributed by atoms with E-state index >= 15 is 0 Å². The zero-order valence-electron chi connectivity index (χ0n) is 9.13. The van der Waals surface area contributed by atoms with Crippen LogP contribution in [0.1, 0.15) is 15.9 Å². The molecule has 0 unspecified atom stereocenters. The molecule has 0 fully saturated rings. The van der Waals surface area contributed by atoms with E-state index in [1.54, 1.807) is 35.6 Å². The molecule has 1 aromatic heterocycles. The molecule has 0 aliphatic carbocycles. The summed E-state index contributed by atoms with van der Waals surface area (Å²) in [6.45, 7) is 0.600. The first-order valence-electron chi connectivity index (χ1n) is 5.23. The minimum absolute atomic E-state index is 0.273. The van der Waals surface area contributed by atoms with Crippen LogP contribution in [-0.4, -0.2) is 17.7 Å². The summed E-state index contributed by atoms with van der Waals surface area (Å²) >= 11 is 1.67. The molecule has 0 aliphatic rings. The molecule has 0 amide bonds. The summed E-state index contributed by atoms with van der Waals surface area (Å²) in [5, 5.41) is 12.9. The van der Waals surface area contributed by atoms with Crippen LogP contribution in [-0.2, 0) is 6.42 Å². The molecule has 0 saturated heterocycles. The van der Waals surface area contributed by atoms with Crippen LogP contribution in [0.25, 0.3) is 0 Å². The van der Waals surface area contributed by atoms with Crippen LogP contribution in [0.4, 0.5) is 0 Å². The van der Waals surface area contributed by atoms with E-state index in [1.165, 1.54) is 5.56 Å². The van der Waals surface area contributed by atoms with Crippen molar-refractivity contribution in [1.82, 2.24) is 0 Å². The molecule has 1 heterocycles. The fourth-order valence-corrected chi connectivity index (χ4v) is 2.12. The first-order chi connectivity index (χ1) is 8.25. The lowest BCUT2D eigenvalue weighted by atomic mass is 10.2. The molecule has 1 aromatic carbocycles. The average Bonchev–Trinajstić information content (AvgIpc) is 2.83. The molecule has 0 radical (unpaired) electrons. The molecule has 88 valence electrons. The molecule has 17 heavy (non-hydrogen) atoms. The first-order valence-corrected chi connectivity index (χ1v) is 6.17. The molecular formula is C13H12O3S. The molecule has 0 atom stereocenters. The number of benzene rings is 1. The second-order valence-electron chi connectivity index (χ2n) is 3.56. The van der Waals surface area contributed by atoms with Gasteiger partial charge in [-0.25, -0.2) is 4.79 Å². The Morgan fingerprint density at radius 1 is 1.24 bits per heavy atom. The van der Waals surface area contributed by atoms with Gasteiger partial charge in [0.05, 0.1) is 12.2 Å². The quantitative estimate of drug-likeness (QED) is 0.884. The number of hydrogen-bond acceptors (Lipinski definition) is 3. The van der Waals surface area contributed by atoms with E-state index in [1.807, 2.05) is 5.38 Å². The lowest BCUT2D eigenvalue weighted by Crippen LogP contribution is -2.01. The number of carbonyl (C=O) groups is 1. The van der Waals surface area contributed by atoms with Gasteiger partial charge in [0.1, 0.15) is 5.75 Å². The van der Waals surface area contributed by atoms with Gasteiger partial charge >= 0.3 is 5.97 Å². The third-order valence-electron chi connectivity index (χ3n) is 2.34. The predicted molar refractivity (Wildman–Crippen MR) is 66.9 cm³/mol. The molecule has 2 rings (SSSR count). The van der Waals surface area contributed by atoms with Crippen molar-refractivity contribution in [2.24, 2.45) is 0 Å². The monoisotopic (exact) mass is 248 g/mol. The van der Waals surface area contributed by atoms with Gasteiger partial charge in [-0.15, -0.1) is 0 Å². The molecule has 0 spiro atoms. The van der Waals surface area contributed by atoms with Crippen LogP contribution >= 0.6 is 11.3 Å². The summed E-state index contributed by atoms with van der Waals surface area (Å²) in [5.74, 6) is -0.222. The minimum Gasteiger partial charge on any atom is -0.493 e. The van der Waals surface area contributed by atoms with E-state index < -0.39 is 5.97 Å². The topological polar surface area (TPSA) is 46.5 Å². The van der Waals surface area contributed by atoms with Crippen molar-refractivity contribution < 1.29 is 14.6 Å². The van der Waals surface area contributed by atoms with Crippen LogP contribution in [0, 0.1) is 0 Å². The summed E-state index contributed by atoms with van der Waals surface area (Å²) in [6, 6.07) is 8.51. The Balaban J connectivity index is 1.85. The maximum Gasteiger partial charge on any atom is 0.335 e. The highest BCUT2D eigenvalue weighted by Crippen LogP contribution is 2.13. The van der Waals surface area contributed by atoms with Crippen LogP contribution < -0.4 is 4.74 Å². The molecule has 1 N–H and O–H groups in total. The number of thiophene rings is 1. The zero-order chi connectivity index (χ0) is 12.1. The van der Waals surface area contributed by atoms with Gasteiger partial charge in [-0.1, -0.05) is 0 Å². The normalized spacial score (nSPS) is 10.1. The van der Waals surface area contributed by atoms with Crippen LogP contribution in [0.5, 0.6) is 5.75 Å². The number of aromatic carboxylic acids is 1. The fourth-order valence-electron chi connectivity index (χ4n) is 1.42. The highest BCUT2D eigenvalue weighted by atomic mass is 32.1. The van der Waals surface area contributed by atoms with Crippen molar-refractivity contribution in [3.05, 3.63) is 52.2 Å². The summed E-state index contributed by atoms with van der Waals surface area (Å²) in [5.41, 5.74) is 1.53. The van der Waals surface area contributed by atoms with Crippen molar-refractivity contribution in [2.75, 3.05) is 6.61 Å². The van der Waals surface area contributed by atoms with E-state index in [2.05, 4.69) is 11.4 Å². The van der Waals surface area contributed by atoms with Gasteiger partial charge in [0, 0.05) is 6.42 Å². The highest BCUT2D eigenvalue weighted by molar-refractivity contribution is 7.07. The highest BCUT2D eigenvalue weighted by Gasteiger charge is 2.02. The van der Waals surface area contributed by atoms with E-state index in [-0.39, 0.29) is 5.56 Å². The number of hydrogen-bond donors (Lipinski definition) is 1. The van der Waals surface area contributed by atoms with E-state index in [9.17, 15) is 4.79 Å². The number of carboxylic acids is 1. The number of ether oxygens (including phenoxy) is 1. The second kappa shape index (κ2) is 5.50. The maximum absolute atomic E-state index is 10.6. The Bertz CT molecular complexity index is 474. The first kappa shape index (κ1) is 11.7. The van der Waals surface area contributed by atoms with Crippen molar-refractivity contribution >= 4 is 17.3 Å². The van der Waals surface area contributed by atoms with Crippen LogP contribution in [0.2, 0.25) is 0 Å². The Morgan fingerprint density at radius 2 is 2.00 bits per heavy atom. The summed E-state index contributed by atoms with van der Waals surface area (Å²) in [6.07, 6.45) is 0.865. The van der Waals surface area contributed by atoms with Crippen LogP contribution in [0.15, 0.2) is 41.1 Å². The Morgan fingerprint density at radius 3 is 2.59 bits per heavy atom. The van der Waals surface area contributed by atoms with E-state index in [0.29, 0.717) is 12.4 Å². The van der Waals surface area contributed by atoms with Gasteiger partial charge < -0.3 is 9.84 Å². The maximum atomic E-state index is 10.6. The Hall–Kier alpha value is -1.81. The lowest BCUT2D eigenvalue weighted by molar-refractivity contribution is 0.0697. The largest absolute Gasteiger partial charge is 0.493 e. The van der Waals surface area contributed by atoms with Crippen LogP contribution in [0.3, 0.4) is 0 Å². The van der Waals surface area contributed by atoms with Gasteiger partial charge in [0.2, 0.25) is 0 Å². The number of rotatable bonds is 5. The fraction of sp³-hybridized carbons (Fsp3) is 0.154. The third-order valence-corrected chi connectivity index (χ3v) is 3.07. The van der Waals surface area contributed by atoms with Gasteiger partial charge in [0.25, 0.3) is 0 Å². The van der Waals surface area contributed by atoms with Gasteiger partial charge in [-0.3, -0.25) is 0 Å². The third kappa shape index (κ3) is 3.32. The molecule has 4 heteroatoms. The Kier molecular flexibility index (Phi) is 3.77. The molecular weight excluding hydrogens is 236 g/mol. The van der Waals surface area contributed by atoms with Crippen molar-refractivity contribution in [2.45, 2.75) is 6.42 Å². The summed E-state index contributed by atoms with van der Waals surface area (Å²) in [7, 11) is 0. The molecule has 2 aromatic rings. The summed E-state index contributed by atoms with van der Waals surface area (Å²) in [4.78, 5) is 10.6. The van der Waals surface area contributed by atoms with Gasteiger partial charge in [-0.2, -0.15) is 11.3 Å². The standard InChI is InChI=1S/C13H12O3S/c14-13(15)11-1-3-12(4-2-11)16-7-5-10-6-8-17-9-10/h1-4,6,8-9H,5,7H2,(H,14,15). The van der Waals surface area contributed by atoms with E-state index in [4.69, 9.17) is 9.84 Å². The molecule has 0 bridgehead atoms.